The van der Waals surface area contributed by atoms with Gasteiger partial charge in [0.25, 0.3) is 5.91 Å². The number of nitrogens with two attached hydrogens (primary N) is 1. The van der Waals surface area contributed by atoms with Gasteiger partial charge in [-0.2, -0.15) is 0 Å². The molecule has 1 aromatic heterocycles. The zero-order valence-electron chi connectivity index (χ0n) is 10.4. The Morgan fingerprint density at radius 1 is 1.53 bits per heavy atom. The summed E-state index contributed by atoms with van der Waals surface area (Å²) < 4.78 is 4.90. The van der Waals surface area contributed by atoms with Gasteiger partial charge >= 0.3 is 0 Å². The van der Waals surface area contributed by atoms with E-state index in [1.165, 1.54) is 0 Å². The third-order valence-corrected chi connectivity index (χ3v) is 2.97. The second-order valence-corrected chi connectivity index (χ2v) is 3.98. The van der Waals surface area contributed by atoms with E-state index in [0.717, 1.165) is 12.8 Å². The van der Waals surface area contributed by atoms with Crippen LogP contribution in [0.4, 0.5) is 0 Å². The van der Waals surface area contributed by atoms with Gasteiger partial charge in [-0.3, -0.25) is 4.79 Å². The van der Waals surface area contributed by atoms with E-state index in [2.05, 4.69) is 10.5 Å². The summed E-state index contributed by atoms with van der Waals surface area (Å²) in [4.78, 5) is 11.8. The van der Waals surface area contributed by atoms with Gasteiger partial charge in [0.05, 0.1) is 11.2 Å². The standard InChI is InChI=1S/C11H19N3O2.ClH/c1-4-11(5-2,7-12)13-10(15)9-6-8(3)14-16-9;/h6H,4-5,7,12H2,1-3H3,(H,13,15);1H. The van der Waals surface area contributed by atoms with Crippen LogP contribution >= 0.6 is 12.4 Å². The smallest absolute Gasteiger partial charge is 0.290 e. The highest BCUT2D eigenvalue weighted by atomic mass is 35.5. The Morgan fingerprint density at radius 3 is 2.47 bits per heavy atom. The van der Waals surface area contributed by atoms with E-state index in [9.17, 15) is 4.79 Å². The zero-order valence-corrected chi connectivity index (χ0v) is 11.3. The van der Waals surface area contributed by atoms with Crippen LogP contribution in [0.15, 0.2) is 10.6 Å². The molecule has 98 valence electrons. The zero-order chi connectivity index (χ0) is 12.2. The second-order valence-electron chi connectivity index (χ2n) is 3.98. The number of hydrogen-bond donors (Lipinski definition) is 2. The fourth-order valence-corrected chi connectivity index (χ4v) is 1.54. The van der Waals surface area contributed by atoms with Crippen molar-refractivity contribution in [3.8, 4) is 0 Å². The fraction of sp³-hybridized carbons (Fsp3) is 0.636. The number of aryl methyl sites for hydroxylation is 1. The number of halogens is 1. The molecule has 5 nitrogen and oxygen atoms in total. The highest BCUT2D eigenvalue weighted by Crippen LogP contribution is 2.14. The molecule has 0 spiro atoms. The average molecular weight is 262 g/mol. The molecule has 1 aromatic rings. The lowest BCUT2D eigenvalue weighted by Crippen LogP contribution is -2.52. The summed E-state index contributed by atoms with van der Waals surface area (Å²) in [5.74, 6) is -0.0213. The Bertz CT molecular complexity index is 353. The van der Waals surface area contributed by atoms with Crippen LogP contribution in [-0.2, 0) is 0 Å². The summed E-state index contributed by atoms with van der Waals surface area (Å²) in [6, 6.07) is 1.61. The van der Waals surface area contributed by atoms with Gasteiger partial charge in [0, 0.05) is 12.6 Å². The number of amides is 1. The normalized spacial score (nSPS) is 10.8. The average Bonchev–Trinajstić information content (AvgIpc) is 2.73. The molecule has 0 saturated heterocycles. The van der Waals surface area contributed by atoms with E-state index in [0.29, 0.717) is 12.2 Å². The Balaban J connectivity index is 0.00000256. The maximum atomic E-state index is 11.8. The molecule has 6 heteroatoms. The lowest BCUT2D eigenvalue weighted by Gasteiger charge is -2.30. The van der Waals surface area contributed by atoms with E-state index >= 15 is 0 Å². The van der Waals surface area contributed by atoms with Gasteiger partial charge in [-0.15, -0.1) is 12.4 Å². The monoisotopic (exact) mass is 261 g/mol. The molecule has 0 atom stereocenters. The molecular weight excluding hydrogens is 242 g/mol. The van der Waals surface area contributed by atoms with Crippen molar-refractivity contribution in [1.82, 2.24) is 10.5 Å². The highest BCUT2D eigenvalue weighted by Gasteiger charge is 2.28. The van der Waals surface area contributed by atoms with Crippen LogP contribution in [-0.4, -0.2) is 23.1 Å². The first-order valence-corrected chi connectivity index (χ1v) is 5.52. The topological polar surface area (TPSA) is 81.1 Å². The van der Waals surface area contributed by atoms with Gasteiger partial charge in [-0.25, -0.2) is 0 Å². The molecule has 0 fully saturated rings. The molecule has 0 bridgehead atoms. The highest BCUT2D eigenvalue weighted by molar-refractivity contribution is 5.91. The van der Waals surface area contributed by atoms with Gasteiger partial charge in [-0.05, 0) is 19.8 Å². The first kappa shape index (κ1) is 15.9. The maximum absolute atomic E-state index is 11.8. The van der Waals surface area contributed by atoms with Crippen molar-refractivity contribution in [2.24, 2.45) is 5.73 Å². The number of rotatable bonds is 5. The Kier molecular flexibility index (Phi) is 6.20. The van der Waals surface area contributed by atoms with Crippen molar-refractivity contribution in [2.75, 3.05) is 6.54 Å². The van der Waals surface area contributed by atoms with Crippen LogP contribution in [0.25, 0.3) is 0 Å². The minimum absolute atomic E-state index is 0. The SMILES string of the molecule is CCC(CC)(CN)NC(=O)c1cc(C)no1.Cl. The third-order valence-electron chi connectivity index (χ3n) is 2.97. The summed E-state index contributed by atoms with van der Waals surface area (Å²) in [7, 11) is 0. The maximum Gasteiger partial charge on any atom is 0.290 e. The molecule has 0 unspecified atom stereocenters. The molecule has 0 radical (unpaired) electrons. The molecule has 3 N–H and O–H groups in total. The predicted molar refractivity (Wildman–Crippen MR) is 68.3 cm³/mol. The van der Waals surface area contributed by atoms with Crippen molar-refractivity contribution in [3.05, 3.63) is 17.5 Å². The van der Waals surface area contributed by atoms with Crippen molar-refractivity contribution < 1.29 is 9.32 Å². The number of carbonyl (C=O) groups excluding carboxylic acids is 1. The van der Waals surface area contributed by atoms with Gasteiger partial charge in [-0.1, -0.05) is 19.0 Å². The summed E-state index contributed by atoms with van der Waals surface area (Å²) in [5, 5.41) is 6.59. The fourth-order valence-electron chi connectivity index (χ4n) is 1.54. The molecule has 0 saturated carbocycles. The predicted octanol–water partition coefficient (Wildman–Crippen LogP) is 1.65. The Morgan fingerprint density at radius 2 is 2.12 bits per heavy atom. The van der Waals surface area contributed by atoms with E-state index in [-0.39, 0.29) is 29.6 Å². The second kappa shape index (κ2) is 6.61. The van der Waals surface area contributed by atoms with Crippen LogP contribution < -0.4 is 11.1 Å². The lowest BCUT2D eigenvalue weighted by atomic mass is 9.93. The number of aromatic nitrogens is 1. The molecule has 0 aliphatic carbocycles. The van der Waals surface area contributed by atoms with Crippen molar-refractivity contribution in [3.63, 3.8) is 0 Å². The van der Waals surface area contributed by atoms with Crippen LogP contribution in [0.5, 0.6) is 0 Å². The largest absolute Gasteiger partial charge is 0.351 e. The van der Waals surface area contributed by atoms with E-state index in [1.807, 2.05) is 13.8 Å². The molecule has 1 heterocycles. The molecule has 1 rings (SSSR count). The Labute approximate surface area is 108 Å². The van der Waals surface area contributed by atoms with Crippen LogP contribution in [0.2, 0.25) is 0 Å². The minimum Gasteiger partial charge on any atom is -0.351 e. The quantitative estimate of drug-likeness (QED) is 0.845. The molecule has 0 aromatic carbocycles. The molecular formula is C11H20ClN3O2. The molecule has 17 heavy (non-hydrogen) atoms. The summed E-state index contributed by atoms with van der Waals surface area (Å²) >= 11 is 0. The van der Waals surface area contributed by atoms with E-state index < -0.39 is 0 Å². The summed E-state index contributed by atoms with van der Waals surface area (Å²) in [6.07, 6.45) is 1.58. The first-order valence-electron chi connectivity index (χ1n) is 5.52. The van der Waals surface area contributed by atoms with Crippen LogP contribution in [0.1, 0.15) is 42.9 Å². The van der Waals surface area contributed by atoms with Gasteiger partial charge in [0.15, 0.2) is 0 Å². The van der Waals surface area contributed by atoms with Gasteiger partial charge < -0.3 is 15.6 Å². The van der Waals surface area contributed by atoms with E-state index in [1.54, 1.807) is 13.0 Å². The van der Waals surface area contributed by atoms with Gasteiger partial charge in [0.2, 0.25) is 5.76 Å². The molecule has 0 aliphatic heterocycles. The van der Waals surface area contributed by atoms with Crippen LogP contribution in [0, 0.1) is 6.92 Å². The molecule has 1 amide bonds. The summed E-state index contributed by atoms with van der Waals surface area (Å²) in [5.41, 5.74) is 6.04. The third kappa shape index (κ3) is 3.71. The van der Waals surface area contributed by atoms with E-state index in [4.69, 9.17) is 10.3 Å². The van der Waals surface area contributed by atoms with Crippen molar-refractivity contribution in [1.29, 1.82) is 0 Å². The first-order chi connectivity index (χ1) is 7.56. The van der Waals surface area contributed by atoms with Crippen LogP contribution in [0.3, 0.4) is 0 Å². The summed E-state index contributed by atoms with van der Waals surface area (Å²) in [6.45, 7) is 6.19. The minimum atomic E-state index is -0.349. The number of nitrogens with one attached hydrogen (secondary N) is 1. The molecule has 0 aliphatic rings. The van der Waals surface area contributed by atoms with Crippen molar-refractivity contribution in [2.45, 2.75) is 39.2 Å². The van der Waals surface area contributed by atoms with Crippen molar-refractivity contribution >= 4 is 18.3 Å². The lowest BCUT2D eigenvalue weighted by molar-refractivity contribution is 0.0857. The number of carbonyl (C=O) groups is 1. The Hall–Kier alpha value is -1.07. The van der Waals surface area contributed by atoms with Gasteiger partial charge in [0.1, 0.15) is 0 Å². The number of hydrogen-bond acceptors (Lipinski definition) is 4. The number of nitrogens with zero attached hydrogens (tertiary/aromatic N) is 1.